The standard InChI is InChI=1S/C38H42ClFN6O3/c1-25-8-10-27(11-9-25)22-33(47)37-28-6-5-7-34(49-21-18-26-16-19-44(4)20-17-26)30(28)23-38(2,3)46(37)35(48)15-12-29-32(45-24-41-42-43-45)14-13-31(39)36(29)40/h5-15,24,26,37H,16-23H2,1-4H3/b15-12+. The van der Waals surface area contributed by atoms with E-state index in [9.17, 15) is 9.59 Å². The fourth-order valence-corrected chi connectivity index (χ4v) is 7.19. The van der Waals surface area contributed by atoms with Gasteiger partial charge in [0.1, 0.15) is 18.1 Å². The second-order valence-corrected chi connectivity index (χ2v) is 14.2. The van der Waals surface area contributed by atoms with Crippen molar-refractivity contribution in [3.63, 3.8) is 0 Å². The van der Waals surface area contributed by atoms with Crippen molar-refractivity contribution in [3.8, 4) is 11.4 Å². The van der Waals surface area contributed by atoms with Crippen LogP contribution >= 0.6 is 11.6 Å². The lowest BCUT2D eigenvalue weighted by atomic mass is 9.78. The number of rotatable bonds is 10. The minimum Gasteiger partial charge on any atom is -0.493 e. The zero-order chi connectivity index (χ0) is 34.7. The predicted molar refractivity (Wildman–Crippen MR) is 187 cm³/mol. The Labute approximate surface area is 291 Å². The van der Waals surface area contributed by atoms with E-state index in [1.165, 1.54) is 29.2 Å². The van der Waals surface area contributed by atoms with E-state index in [0.717, 1.165) is 60.4 Å². The average Bonchev–Trinajstić information content (AvgIpc) is 3.61. The molecule has 0 saturated carbocycles. The highest BCUT2D eigenvalue weighted by Gasteiger charge is 2.45. The van der Waals surface area contributed by atoms with Crippen LogP contribution in [0.25, 0.3) is 11.8 Å². The van der Waals surface area contributed by atoms with E-state index in [1.54, 1.807) is 11.0 Å². The van der Waals surface area contributed by atoms with Crippen molar-refractivity contribution in [2.75, 3.05) is 26.7 Å². The van der Waals surface area contributed by atoms with Gasteiger partial charge < -0.3 is 14.5 Å². The van der Waals surface area contributed by atoms with Gasteiger partial charge in [-0.2, -0.15) is 4.68 Å². The van der Waals surface area contributed by atoms with Crippen LogP contribution in [0.1, 0.15) is 67.0 Å². The number of ether oxygens (including phenoxy) is 1. The topological polar surface area (TPSA) is 93.5 Å². The summed E-state index contributed by atoms with van der Waals surface area (Å²) in [6, 6.07) is 15.7. The number of likely N-dealkylation sites (tertiary alicyclic amines) is 1. The molecule has 1 amide bonds. The third-order valence-electron chi connectivity index (χ3n) is 9.74. The van der Waals surface area contributed by atoms with Gasteiger partial charge in [0.05, 0.1) is 17.3 Å². The van der Waals surface area contributed by atoms with Crippen LogP contribution in [0.5, 0.6) is 5.75 Å². The number of piperidine rings is 1. The zero-order valence-corrected chi connectivity index (χ0v) is 29.2. The Balaban J connectivity index is 1.34. The zero-order valence-electron chi connectivity index (χ0n) is 28.4. The summed E-state index contributed by atoms with van der Waals surface area (Å²) in [5.41, 5.74) is 3.21. The number of hydrogen-bond donors (Lipinski definition) is 0. The number of carbonyl (C=O) groups excluding carboxylic acids is 2. The fourth-order valence-electron chi connectivity index (χ4n) is 7.02. The smallest absolute Gasteiger partial charge is 0.247 e. The minimum atomic E-state index is -0.891. The molecule has 0 spiro atoms. The molecule has 2 aliphatic heterocycles. The molecule has 256 valence electrons. The largest absolute Gasteiger partial charge is 0.493 e. The molecule has 3 aromatic carbocycles. The number of fused-ring (bicyclic) bond motifs is 1. The molecule has 0 radical (unpaired) electrons. The van der Waals surface area contributed by atoms with Gasteiger partial charge in [-0.3, -0.25) is 9.59 Å². The molecule has 1 fully saturated rings. The third-order valence-corrected chi connectivity index (χ3v) is 10.0. The molecule has 1 saturated heterocycles. The molecule has 49 heavy (non-hydrogen) atoms. The molecular weight excluding hydrogens is 643 g/mol. The molecule has 0 aliphatic carbocycles. The normalized spacial score (nSPS) is 18.1. The number of amides is 1. The molecular formula is C38H42ClFN6O3. The quantitative estimate of drug-likeness (QED) is 0.174. The van der Waals surface area contributed by atoms with Crippen molar-refractivity contribution in [1.29, 1.82) is 0 Å². The molecule has 0 bridgehead atoms. The molecule has 6 rings (SSSR count). The summed E-state index contributed by atoms with van der Waals surface area (Å²) in [5.74, 6) is 0.110. The minimum absolute atomic E-state index is 0.0474. The van der Waals surface area contributed by atoms with Crippen LogP contribution in [0.3, 0.4) is 0 Å². The number of Topliss-reactive ketones (excluding diaryl/α,β-unsaturated/α-hetero) is 1. The van der Waals surface area contributed by atoms with Crippen molar-refractivity contribution in [2.24, 2.45) is 5.92 Å². The number of carbonyl (C=O) groups is 2. The summed E-state index contributed by atoms with van der Waals surface area (Å²) < 4.78 is 23.1. The Kier molecular flexibility index (Phi) is 10.3. The number of tetrazole rings is 1. The van der Waals surface area contributed by atoms with Gasteiger partial charge in [0.25, 0.3) is 0 Å². The highest BCUT2D eigenvalue weighted by atomic mass is 35.5. The van der Waals surface area contributed by atoms with E-state index in [-0.39, 0.29) is 22.8 Å². The average molecular weight is 685 g/mol. The lowest BCUT2D eigenvalue weighted by Gasteiger charge is -2.48. The molecule has 1 unspecified atom stereocenters. The first kappa shape index (κ1) is 34.5. The highest BCUT2D eigenvalue weighted by molar-refractivity contribution is 6.31. The van der Waals surface area contributed by atoms with Crippen molar-refractivity contribution in [2.45, 2.75) is 64.5 Å². The molecule has 1 aromatic heterocycles. The Morgan fingerprint density at radius 2 is 1.84 bits per heavy atom. The molecule has 2 aliphatic rings. The number of aromatic nitrogens is 4. The molecule has 4 aromatic rings. The SMILES string of the molecule is Cc1ccc(CC(=O)C2c3cccc(OCCC4CCN(C)CC4)c3CC(C)(C)N2C(=O)/C=C/c2c(-n3cnnn3)ccc(Cl)c2F)cc1. The monoisotopic (exact) mass is 684 g/mol. The van der Waals surface area contributed by atoms with Gasteiger partial charge in [-0.25, -0.2) is 4.39 Å². The van der Waals surface area contributed by atoms with Crippen molar-refractivity contribution in [1.82, 2.24) is 30.0 Å². The van der Waals surface area contributed by atoms with Gasteiger partial charge in [0.15, 0.2) is 11.6 Å². The van der Waals surface area contributed by atoms with Crippen LogP contribution in [-0.4, -0.2) is 74.0 Å². The lowest BCUT2D eigenvalue weighted by Crippen LogP contribution is -2.55. The van der Waals surface area contributed by atoms with Gasteiger partial charge in [-0.05, 0) is 118 Å². The van der Waals surface area contributed by atoms with Crippen LogP contribution in [-0.2, 0) is 22.4 Å². The van der Waals surface area contributed by atoms with E-state index in [1.807, 2.05) is 63.2 Å². The second kappa shape index (κ2) is 14.6. The Morgan fingerprint density at radius 3 is 2.55 bits per heavy atom. The van der Waals surface area contributed by atoms with Crippen LogP contribution in [0.4, 0.5) is 4.39 Å². The summed E-state index contributed by atoms with van der Waals surface area (Å²) in [6.07, 6.45) is 7.91. The van der Waals surface area contributed by atoms with E-state index in [2.05, 4.69) is 27.5 Å². The van der Waals surface area contributed by atoms with Crippen LogP contribution in [0.15, 0.2) is 67.0 Å². The maximum absolute atomic E-state index is 15.4. The maximum Gasteiger partial charge on any atom is 0.247 e. The Morgan fingerprint density at radius 1 is 1.08 bits per heavy atom. The van der Waals surface area contributed by atoms with Gasteiger partial charge >= 0.3 is 0 Å². The fraction of sp³-hybridized carbons (Fsp3) is 0.395. The number of nitrogens with zero attached hydrogens (tertiary/aromatic N) is 6. The third kappa shape index (κ3) is 7.60. The molecule has 9 nitrogen and oxygen atoms in total. The van der Waals surface area contributed by atoms with Gasteiger partial charge in [-0.15, -0.1) is 5.10 Å². The maximum atomic E-state index is 15.4. The predicted octanol–water partition coefficient (Wildman–Crippen LogP) is 6.60. The molecule has 3 heterocycles. The molecule has 1 atom stereocenters. The lowest BCUT2D eigenvalue weighted by molar-refractivity contribution is -0.143. The van der Waals surface area contributed by atoms with Crippen molar-refractivity contribution >= 4 is 29.4 Å². The van der Waals surface area contributed by atoms with E-state index < -0.39 is 23.3 Å². The highest BCUT2D eigenvalue weighted by Crippen LogP contribution is 2.44. The number of aryl methyl sites for hydroxylation is 1. The van der Waals surface area contributed by atoms with Crippen LogP contribution in [0, 0.1) is 18.7 Å². The number of hydrogen-bond acceptors (Lipinski definition) is 7. The van der Waals surface area contributed by atoms with Gasteiger partial charge in [-0.1, -0.05) is 53.6 Å². The van der Waals surface area contributed by atoms with Crippen LogP contribution in [0.2, 0.25) is 5.02 Å². The first-order chi connectivity index (χ1) is 23.5. The molecule has 11 heteroatoms. The number of ketones is 1. The molecule has 0 N–H and O–H groups in total. The summed E-state index contributed by atoms with van der Waals surface area (Å²) in [7, 11) is 2.16. The van der Waals surface area contributed by atoms with E-state index in [0.29, 0.717) is 24.6 Å². The summed E-state index contributed by atoms with van der Waals surface area (Å²) >= 11 is 6.14. The van der Waals surface area contributed by atoms with Gasteiger partial charge in [0, 0.05) is 29.2 Å². The summed E-state index contributed by atoms with van der Waals surface area (Å²) in [5, 5.41) is 11.1. The van der Waals surface area contributed by atoms with E-state index in [4.69, 9.17) is 16.3 Å². The first-order valence-corrected chi connectivity index (χ1v) is 17.1. The number of benzene rings is 3. The second-order valence-electron chi connectivity index (χ2n) is 13.8. The number of halogens is 2. The van der Waals surface area contributed by atoms with E-state index >= 15 is 4.39 Å². The first-order valence-electron chi connectivity index (χ1n) is 16.8. The van der Waals surface area contributed by atoms with Crippen LogP contribution < -0.4 is 4.74 Å². The van der Waals surface area contributed by atoms with Crippen molar-refractivity contribution < 1.29 is 18.7 Å². The summed E-state index contributed by atoms with van der Waals surface area (Å²) in [4.78, 5) is 32.7. The summed E-state index contributed by atoms with van der Waals surface area (Å²) in [6.45, 7) is 8.70. The Bertz CT molecular complexity index is 1830. The Hall–Kier alpha value is -4.41. The van der Waals surface area contributed by atoms with Gasteiger partial charge in [0.2, 0.25) is 5.91 Å². The van der Waals surface area contributed by atoms with Crippen molar-refractivity contribution in [3.05, 3.63) is 106 Å².